The lowest BCUT2D eigenvalue weighted by atomic mass is 9.96. The fourth-order valence-corrected chi connectivity index (χ4v) is 5.14. The van der Waals surface area contributed by atoms with Gasteiger partial charge in [-0.2, -0.15) is 5.10 Å². The molecule has 8 heteroatoms. The fraction of sp³-hybridized carbons (Fsp3) is 0.393. The van der Waals surface area contributed by atoms with Gasteiger partial charge in [0.2, 0.25) is 5.91 Å². The summed E-state index contributed by atoms with van der Waals surface area (Å²) in [5.41, 5.74) is 2.83. The molecule has 5 rings (SSSR count). The second-order valence-corrected chi connectivity index (χ2v) is 9.49. The number of carbonyl (C=O) groups is 1. The molecule has 36 heavy (non-hydrogen) atoms. The quantitative estimate of drug-likeness (QED) is 0.533. The molecule has 8 nitrogen and oxygen atoms in total. The van der Waals surface area contributed by atoms with Gasteiger partial charge in [-0.3, -0.25) is 9.59 Å². The fourth-order valence-electron chi connectivity index (χ4n) is 5.14. The van der Waals surface area contributed by atoms with Crippen LogP contribution in [0.3, 0.4) is 0 Å². The van der Waals surface area contributed by atoms with Crippen molar-refractivity contribution in [2.24, 2.45) is 5.92 Å². The molecule has 3 heterocycles. The van der Waals surface area contributed by atoms with E-state index in [0.29, 0.717) is 26.2 Å². The number of nitrogens with zero attached hydrogens (tertiary/aromatic N) is 5. The summed E-state index contributed by atoms with van der Waals surface area (Å²) < 4.78 is 6.83. The van der Waals surface area contributed by atoms with Crippen LogP contribution in [-0.2, 0) is 11.3 Å². The zero-order valence-corrected chi connectivity index (χ0v) is 20.8. The highest BCUT2D eigenvalue weighted by atomic mass is 16.5. The molecule has 0 N–H and O–H groups in total. The zero-order valence-electron chi connectivity index (χ0n) is 20.8. The molecule has 1 unspecified atom stereocenters. The second-order valence-electron chi connectivity index (χ2n) is 9.49. The third-order valence-electron chi connectivity index (χ3n) is 7.18. The Balaban J connectivity index is 1.19. The molecule has 188 valence electrons. The summed E-state index contributed by atoms with van der Waals surface area (Å²) in [5.74, 6) is 1.000. The number of hydrogen-bond donors (Lipinski definition) is 0. The summed E-state index contributed by atoms with van der Waals surface area (Å²) in [6.45, 7) is 4.93. The summed E-state index contributed by atoms with van der Waals surface area (Å²) in [5, 5.41) is 4.41. The van der Waals surface area contributed by atoms with Crippen molar-refractivity contribution >= 4 is 17.3 Å². The maximum Gasteiger partial charge on any atom is 0.269 e. The van der Waals surface area contributed by atoms with E-state index in [9.17, 15) is 9.59 Å². The number of methoxy groups -OCH3 is 1. The van der Waals surface area contributed by atoms with E-state index in [1.807, 2.05) is 53.4 Å². The predicted octanol–water partition coefficient (Wildman–Crippen LogP) is 2.87. The van der Waals surface area contributed by atoms with E-state index in [-0.39, 0.29) is 17.4 Å². The molecular weight excluding hydrogens is 454 g/mol. The first-order valence-electron chi connectivity index (χ1n) is 12.6. The highest BCUT2D eigenvalue weighted by molar-refractivity contribution is 5.80. The Bertz CT molecular complexity index is 1240. The van der Waals surface area contributed by atoms with Crippen LogP contribution in [0.2, 0.25) is 0 Å². The number of ether oxygens (including phenoxy) is 1. The van der Waals surface area contributed by atoms with Crippen molar-refractivity contribution < 1.29 is 9.53 Å². The normalized spacial score (nSPS) is 18.2. The predicted molar refractivity (Wildman–Crippen MR) is 141 cm³/mol. The Labute approximate surface area is 211 Å². The first kappa shape index (κ1) is 23.9. The van der Waals surface area contributed by atoms with Crippen LogP contribution in [0.25, 0.3) is 0 Å². The molecule has 2 aromatic carbocycles. The third kappa shape index (κ3) is 5.37. The third-order valence-corrected chi connectivity index (χ3v) is 7.18. The summed E-state index contributed by atoms with van der Waals surface area (Å²) in [6.07, 6.45) is 3.56. The number of piperazine rings is 1. The first-order chi connectivity index (χ1) is 17.6. The Hall–Kier alpha value is -3.81. The van der Waals surface area contributed by atoms with Gasteiger partial charge in [0, 0.05) is 57.1 Å². The summed E-state index contributed by atoms with van der Waals surface area (Å²) in [7, 11) is 1.68. The molecule has 3 aromatic rings. The van der Waals surface area contributed by atoms with Gasteiger partial charge in [-0.25, -0.2) is 4.68 Å². The van der Waals surface area contributed by atoms with Crippen LogP contribution < -0.4 is 20.1 Å². The van der Waals surface area contributed by atoms with Gasteiger partial charge in [-0.1, -0.05) is 36.4 Å². The number of rotatable bonds is 6. The number of benzene rings is 2. The lowest BCUT2D eigenvalue weighted by molar-refractivity contribution is -0.136. The molecule has 2 fully saturated rings. The molecule has 2 aliphatic rings. The molecule has 0 radical (unpaired) electrons. The monoisotopic (exact) mass is 487 g/mol. The van der Waals surface area contributed by atoms with E-state index in [1.165, 1.54) is 4.68 Å². The SMILES string of the molecule is COc1cccc(N2CCN(C(=O)C3CCCN(c4cnn(Cc5ccccc5)c(=O)c4)C3)CC2)c1. The summed E-state index contributed by atoms with van der Waals surface area (Å²) in [6, 6.07) is 19.6. The van der Waals surface area contributed by atoms with Gasteiger partial charge < -0.3 is 19.4 Å². The van der Waals surface area contributed by atoms with Crippen LogP contribution in [0.4, 0.5) is 11.4 Å². The average Bonchev–Trinajstić information content (AvgIpc) is 2.94. The van der Waals surface area contributed by atoms with Crippen molar-refractivity contribution in [1.82, 2.24) is 14.7 Å². The molecule has 2 saturated heterocycles. The van der Waals surface area contributed by atoms with Gasteiger partial charge in [0.05, 0.1) is 31.5 Å². The molecule has 0 saturated carbocycles. The number of hydrogen-bond acceptors (Lipinski definition) is 6. The van der Waals surface area contributed by atoms with Crippen LogP contribution in [-0.4, -0.2) is 67.0 Å². The largest absolute Gasteiger partial charge is 0.497 e. The smallest absolute Gasteiger partial charge is 0.269 e. The number of carbonyl (C=O) groups excluding carboxylic acids is 1. The van der Waals surface area contributed by atoms with Crippen LogP contribution in [0.15, 0.2) is 71.7 Å². The van der Waals surface area contributed by atoms with Crippen molar-refractivity contribution in [3.63, 3.8) is 0 Å². The minimum absolute atomic E-state index is 0.0612. The molecule has 0 bridgehead atoms. The van der Waals surface area contributed by atoms with E-state index in [0.717, 1.165) is 55.2 Å². The van der Waals surface area contributed by atoms with Crippen molar-refractivity contribution in [2.45, 2.75) is 19.4 Å². The van der Waals surface area contributed by atoms with Crippen molar-refractivity contribution in [1.29, 1.82) is 0 Å². The van der Waals surface area contributed by atoms with Gasteiger partial charge in [-0.05, 0) is 30.5 Å². The van der Waals surface area contributed by atoms with E-state index in [1.54, 1.807) is 19.4 Å². The lowest BCUT2D eigenvalue weighted by Crippen LogP contribution is -2.52. The number of piperidine rings is 1. The summed E-state index contributed by atoms with van der Waals surface area (Å²) >= 11 is 0. The van der Waals surface area contributed by atoms with Gasteiger partial charge in [0.1, 0.15) is 5.75 Å². The van der Waals surface area contributed by atoms with Gasteiger partial charge in [0.15, 0.2) is 0 Å². The Morgan fingerprint density at radius 1 is 0.944 bits per heavy atom. The van der Waals surface area contributed by atoms with Crippen LogP contribution in [0, 0.1) is 5.92 Å². The van der Waals surface area contributed by atoms with E-state index >= 15 is 0 Å². The molecule has 0 spiro atoms. The van der Waals surface area contributed by atoms with Crippen molar-refractivity contribution in [3.05, 3.63) is 82.8 Å². The van der Waals surface area contributed by atoms with E-state index in [2.05, 4.69) is 21.0 Å². The lowest BCUT2D eigenvalue weighted by Gasteiger charge is -2.40. The van der Waals surface area contributed by atoms with Crippen molar-refractivity contribution in [2.75, 3.05) is 56.2 Å². The minimum atomic E-state index is -0.126. The van der Waals surface area contributed by atoms with Crippen LogP contribution >= 0.6 is 0 Å². The molecule has 1 aromatic heterocycles. The number of amides is 1. The minimum Gasteiger partial charge on any atom is -0.497 e. The summed E-state index contributed by atoms with van der Waals surface area (Å²) in [4.78, 5) is 32.5. The molecule has 1 amide bonds. The molecule has 1 atom stereocenters. The Kier molecular flexibility index (Phi) is 7.21. The maximum atomic E-state index is 13.4. The Morgan fingerprint density at radius 3 is 2.50 bits per heavy atom. The zero-order chi connectivity index (χ0) is 24.9. The number of anilines is 2. The van der Waals surface area contributed by atoms with Gasteiger partial charge in [0.25, 0.3) is 5.56 Å². The maximum absolute atomic E-state index is 13.4. The topological polar surface area (TPSA) is 70.9 Å². The highest BCUT2D eigenvalue weighted by Gasteiger charge is 2.31. The van der Waals surface area contributed by atoms with Gasteiger partial charge in [-0.15, -0.1) is 0 Å². The number of aromatic nitrogens is 2. The molecule has 0 aliphatic carbocycles. The van der Waals surface area contributed by atoms with E-state index < -0.39 is 0 Å². The molecule has 2 aliphatic heterocycles. The average molecular weight is 488 g/mol. The Morgan fingerprint density at radius 2 is 1.75 bits per heavy atom. The highest BCUT2D eigenvalue weighted by Crippen LogP contribution is 2.26. The van der Waals surface area contributed by atoms with Crippen LogP contribution in [0.5, 0.6) is 5.75 Å². The van der Waals surface area contributed by atoms with Crippen molar-refractivity contribution in [3.8, 4) is 5.75 Å². The van der Waals surface area contributed by atoms with E-state index in [4.69, 9.17) is 4.74 Å². The second kappa shape index (κ2) is 10.8. The van der Waals surface area contributed by atoms with Crippen LogP contribution in [0.1, 0.15) is 18.4 Å². The molecular formula is C28H33N5O3. The first-order valence-corrected chi connectivity index (χ1v) is 12.6. The van der Waals surface area contributed by atoms with Gasteiger partial charge >= 0.3 is 0 Å². The standard InChI is InChI=1S/C28H33N5O3/c1-36-26-11-5-10-24(17-26)30-13-15-31(16-14-30)28(35)23-9-6-12-32(21-23)25-18-27(34)33(29-19-25)20-22-7-3-2-4-8-22/h2-5,7-8,10-11,17-19,23H,6,9,12-16,20-21H2,1H3.